The number of rotatable bonds is 4. The van der Waals surface area contributed by atoms with Crippen LogP contribution in [0.5, 0.6) is 0 Å². The van der Waals surface area contributed by atoms with Gasteiger partial charge in [0.25, 0.3) is 5.92 Å². The lowest BCUT2D eigenvalue weighted by Crippen LogP contribution is -2.38. The Labute approximate surface area is 267 Å². The van der Waals surface area contributed by atoms with Gasteiger partial charge in [-0.3, -0.25) is 0 Å². The SMILES string of the molecule is FC1(F)c2cc(C3=NC(C4=CC=CCC4)N=C(c4ccccc4)N3)ccc2-c2ccc(-c3ccc4c(c3)C3C=CC=CC3C4)cc21. The van der Waals surface area contributed by atoms with Crippen molar-refractivity contribution in [2.45, 2.75) is 37.3 Å². The third kappa shape index (κ3) is 4.37. The summed E-state index contributed by atoms with van der Waals surface area (Å²) in [7, 11) is 0. The molecule has 1 aliphatic heterocycles. The first kappa shape index (κ1) is 27.2. The van der Waals surface area contributed by atoms with Gasteiger partial charge in [0.05, 0.1) is 0 Å². The van der Waals surface area contributed by atoms with Crippen molar-refractivity contribution < 1.29 is 8.78 Å². The van der Waals surface area contributed by atoms with Crippen LogP contribution in [0.15, 0.2) is 143 Å². The molecule has 0 radical (unpaired) electrons. The van der Waals surface area contributed by atoms with Gasteiger partial charge in [-0.2, -0.15) is 8.78 Å². The average Bonchev–Trinajstić information content (AvgIpc) is 3.60. The van der Waals surface area contributed by atoms with Crippen molar-refractivity contribution in [3.05, 3.63) is 166 Å². The Kier molecular flexibility index (Phi) is 6.17. The molecule has 3 unspecified atom stereocenters. The number of hydrogen-bond acceptors (Lipinski definition) is 3. The first-order valence-corrected chi connectivity index (χ1v) is 16.0. The summed E-state index contributed by atoms with van der Waals surface area (Å²) in [5, 5.41) is 3.37. The van der Waals surface area contributed by atoms with E-state index in [1.165, 1.54) is 11.1 Å². The second kappa shape index (κ2) is 10.4. The fourth-order valence-corrected chi connectivity index (χ4v) is 7.60. The molecule has 4 aromatic carbocycles. The number of halogens is 2. The molecule has 3 atom stereocenters. The van der Waals surface area contributed by atoms with E-state index in [-0.39, 0.29) is 11.1 Å². The summed E-state index contributed by atoms with van der Waals surface area (Å²) in [4.78, 5) is 9.87. The van der Waals surface area contributed by atoms with Crippen LogP contribution in [0.4, 0.5) is 8.78 Å². The topological polar surface area (TPSA) is 36.8 Å². The molecule has 1 N–H and O–H groups in total. The van der Waals surface area contributed by atoms with Gasteiger partial charge in [0.2, 0.25) is 0 Å². The molecule has 0 fully saturated rings. The lowest BCUT2D eigenvalue weighted by molar-refractivity contribution is 0.0480. The summed E-state index contributed by atoms with van der Waals surface area (Å²) in [6.07, 6.45) is 17.4. The van der Waals surface area contributed by atoms with Gasteiger partial charge in [0.1, 0.15) is 11.7 Å². The highest BCUT2D eigenvalue weighted by atomic mass is 19.3. The van der Waals surface area contributed by atoms with E-state index in [0.29, 0.717) is 40.2 Å². The van der Waals surface area contributed by atoms with E-state index < -0.39 is 12.1 Å². The molecule has 9 rings (SSSR count). The molecule has 5 heteroatoms. The zero-order valence-electron chi connectivity index (χ0n) is 25.1. The molecule has 0 bridgehead atoms. The van der Waals surface area contributed by atoms with Crippen LogP contribution < -0.4 is 5.32 Å². The molecule has 224 valence electrons. The summed E-state index contributed by atoms with van der Waals surface area (Å²) >= 11 is 0. The molecular formula is C41H31F2N3. The summed E-state index contributed by atoms with van der Waals surface area (Å²) in [5.41, 5.74) is 8.31. The van der Waals surface area contributed by atoms with Crippen molar-refractivity contribution >= 4 is 11.7 Å². The first-order chi connectivity index (χ1) is 22.5. The van der Waals surface area contributed by atoms with E-state index >= 15 is 8.78 Å². The minimum absolute atomic E-state index is 0.0118. The Morgan fingerprint density at radius 3 is 2.17 bits per heavy atom. The molecule has 0 saturated carbocycles. The van der Waals surface area contributed by atoms with Gasteiger partial charge in [0.15, 0.2) is 6.17 Å². The standard InChI is InChI=1S/C41H31F2N3/c42-41(43)36-23-28(27-15-16-30-21-29-13-7-8-14-32(29)35(30)22-27)17-19-33(36)34-20-18-31(24-37(34)41)40-45-38(25-9-3-1-4-10-25)44-39(46-40)26-11-5-2-6-12-26/h1-5,7-11,13-20,22-24,29,32,39H,6,12,21H2,(H,44,45,46). The predicted molar refractivity (Wildman–Crippen MR) is 181 cm³/mol. The molecule has 1 heterocycles. The zero-order chi connectivity index (χ0) is 30.8. The number of allylic oxidation sites excluding steroid dienone is 7. The van der Waals surface area contributed by atoms with Crippen LogP contribution in [0, 0.1) is 5.92 Å². The van der Waals surface area contributed by atoms with Crippen LogP contribution in [0.3, 0.4) is 0 Å². The Morgan fingerprint density at radius 1 is 0.696 bits per heavy atom. The van der Waals surface area contributed by atoms with Crippen molar-refractivity contribution in [1.82, 2.24) is 5.32 Å². The lowest BCUT2D eigenvalue weighted by Gasteiger charge is -2.24. The Hall–Kier alpha value is -5.16. The van der Waals surface area contributed by atoms with Crippen molar-refractivity contribution in [2.75, 3.05) is 0 Å². The average molecular weight is 604 g/mol. The Balaban J connectivity index is 1.07. The van der Waals surface area contributed by atoms with Gasteiger partial charge in [-0.15, -0.1) is 0 Å². The van der Waals surface area contributed by atoms with Crippen LogP contribution in [0.2, 0.25) is 0 Å². The number of alkyl halides is 2. The van der Waals surface area contributed by atoms with Crippen molar-refractivity contribution in [2.24, 2.45) is 15.9 Å². The number of fused-ring (bicyclic) bond motifs is 6. The number of nitrogens with zero attached hydrogens (tertiary/aromatic N) is 2. The number of aliphatic imine (C=N–C) groups is 2. The number of nitrogens with one attached hydrogen (secondary N) is 1. The maximum absolute atomic E-state index is 16.4. The van der Waals surface area contributed by atoms with Gasteiger partial charge >= 0.3 is 0 Å². The minimum Gasteiger partial charge on any atom is -0.324 e. The van der Waals surface area contributed by atoms with Gasteiger partial charge in [-0.1, -0.05) is 115 Å². The third-order valence-electron chi connectivity index (χ3n) is 9.99. The highest BCUT2D eigenvalue weighted by molar-refractivity contribution is 6.16. The van der Waals surface area contributed by atoms with E-state index in [9.17, 15) is 0 Å². The Morgan fingerprint density at radius 2 is 1.39 bits per heavy atom. The molecule has 5 aliphatic rings. The van der Waals surface area contributed by atoms with E-state index in [2.05, 4.69) is 60.0 Å². The van der Waals surface area contributed by atoms with Crippen molar-refractivity contribution in [3.63, 3.8) is 0 Å². The fraction of sp³-hybridized carbons (Fsp3) is 0.171. The highest BCUT2D eigenvalue weighted by Gasteiger charge is 2.45. The number of benzene rings is 4. The Bertz CT molecular complexity index is 2100. The summed E-state index contributed by atoms with van der Waals surface area (Å²) in [6.45, 7) is 0. The predicted octanol–water partition coefficient (Wildman–Crippen LogP) is 9.26. The van der Waals surface area contributed by atoms with Crippen molar-refractivity contribution in [3.8, 4) is 22.3 Å². The van der Waals surface area contributed by atoms with E-state index in [4.69, 9.17) is 9.98 Å². The van der Waals surface area contributed by atoms with Gasteiger partial charge < -0.3 is 5.32 Å². The maximum Gasteiger partial charge on any atom is 0.299 e. The lowest BCUT2D eigenvalue weighted by atomic mass is 9.88. The highest BCUT2D eigenvalue weighted by Crippen LogP contribution is 2.52. The molecule has 0 spiro atoms. The van der Waals surface area contributed by atoms with Crippen molar-refractivity contribution in [1.29, 1.82) is 0 Å². The quantitative estimate of drug-likeness (QED) is 0.248. The minimum atomic E-state index is -3.14. The van der Waals surface area contributed by atoms with Crippen LogP contribution in [0.1, 0.15) is 52.1 Å². The normalized spacial score (nSPS) is 23.0. The van der Waals surface area contributed by atoms with E-state index in [1.54, 1.807) is 12.1 Å². The molecule has 3 nitrogen and oxygen atoms in total. The molecule has 0 saturated heterocycles. The second-order valence-corrected chi connectivity index (χ2v) is 12.7. The zero-order valence-corrected chi connectivity index (χ0v) is 25.1. The molecule has 0 aromatic heterocycles. The fourth-order valence-electron chi connectivity index (χ4n) is 7.60. The van der Waals surface area contributed by atoms with Crippen LogP contribution in [-0.2, 0) is 12.3 Å². The van der Waals surface area contributed by atoms with Gasteiger partial charge in [0, 0.05) is 28.2 Å². The van der Waals surface area contributed by atoms with Crippen LogP contribution >= 0.6 is 0 Å². The number of hydrogen-bond donors (Lipinski definition) is 1. The van der Waals surface area contributed by atoms with Gasteiger partial charge in [-0.25, -0.2) is 9.98 Å². The first-order valence-electron chi connectivity index (χ1n) is 16.0. The maximum atomic E-state index is 16.4. The smallest absolute Gasteiger partial charge is 0.299 e. The monoisotopic (exact) mass is 603 g/mol. The van der Waals surface area contributed by atoms with E-state index in [0.717, 1.165) is 41.5 Å². The van der Waals surface area contributed by atoms with Gasteiger partial charge in [-0.05, 0) is 76.3 Å². The molecule has 4 aromatic rings. The number of amidine groups is 2. The second-order valence-electron chi connectivity index (χ2n) is 12.7. The molecule has 0 amide bonds. The van der Waals surface area contributed by atoms with E-state index in [1.807, 2.05) is 60.7 Å². The summed E-state index contributed by atoms with van der Waals surface area (Å²) in [6, 6.07) is 27.2. The molecular weight excluding hydrogens is 572 g/mol. The molecule has 46 heavy (non-hydrogen) atoms. The largest absolute Gasteiger partial charge is 0.324 e. The molecule has 4 aliphatic carbocycles. The van der Waals surface area contributed by atoms with Crippen LogP contribution in [0.25, 0.3) is 22.3 Å². The summed E-state index contributed by atoms with van der Waals surface area (Å²) < 4.78 is 32.8. The van der Waals surface area contributed by atoms with Crippen LogP contribution in [-0.4, -0.2) is 17.8 Å². The third-order valence-corrected chi connectivity index (χ3v) is 9.99. The summed E-state index contributed by atoms with van der Waals surface area (Å²) in [5.74, 6) is -1.07.